The van der Waals surface area contributed by atoms with E-state index in [1.165, 1.54) is 13.2 Å². The number of methoxy groups -OCH3 is 1. The summed E-state index contributed by atoms with van der Waals surface area (Å²) in [6, 6.07) is 7.10. The van der Waals surface area contributed by atoms with Gasteiger partial charge in [-0.2, -0.15) is 4.98 Å². The van der Waals surface area contributed by atoms with Gasteiger partial charge in [-0.1, -0.05) is 18.2 Å². The molecule has 0 aliphatic heterocycles. The van der Waals surface area contributed by atoms with Gasteiger partial charge in [0.25, 0.3) is 5.88 Å². The molecular weight excluding hydrogens is 278 g/mol. The Hall–Kier alpha value is -3.16. The lowest BCUT2D eigenvalue weighted by molar-refractivity contribution is -0.387. The van der Waals surface area contributed by atoms with Crippen LogP contribution in [0.3, 0.4) is 0 Å². The van der Waals surface area contributed by atoms with E-state index >= 15 is 0 Å². The van der Waals surface area contributed by atoms with E-state index in [2.05, 4.69) is 9.97 Å². The monoisotopic (exact) mass is 289 g/mol. The topological polar surface area (TPSA) is 118 Å². The molecule has 1 heterocycles. The number of rotatable bonds is 4. The van der Waals surface area contributed by atoms with Crippen molar-refractivity contribution < 1.29 is 14.8 Å². The number of benzene rings is 1. The normalized spacial score (nSPS) is 10.7. The zero-order chi connectivity index (χ0) is 15.4. The molecule has 1 aromatic heterocycles. The summed E-state index contributed by atoms with van der Waals surface area (Å²) in [5.41, 5.74) is -1.22. The Labute approximate surface area is 118 Å². The molecule has 108 valence electrons. The minimum atomic E-state index is -1.02. The molecule has 0 amide bonds. The van der Waals surface area contributed by atoms with Crippen LogP contribution in [0.2, 0.25) is 0 Å². The Morgan fingerprint density at radius 2 is 2.19 bits per heavy atom. The lowest BCUT2D eigenvalue weighted by Gasteiger charge is -2.00. The van der Waals surface area contributed by atoms with Crippen LogP contribution in [-0.2, 0) is 0 Å². The van der Waals surface area contributed by atoms with Gasteiger partial charge in [-0.15, -0.1) is 0 Å². The minimum Gasteiger partial charge on any atom is -0.497 e. The Kier molecular flexibility index (Phi) is 3.98. The number of hydrogen-bond donors (Lipinski definition) is 2. The third-order valence-corrected chi connectivity index (χ3v) is 2.60. The van der Waals surface area contributed by atoms with Crippen LogP contribution in [0.25, 0.3) is 12.2 Å². The van der Waals surface area contributed by atoms with Crippen molar-refractivity contribution in [3.8, 4) is 11.6 Å². The van der Waals surface area contributed by atoms with E-state index in [1.54, 1.807) is 30.3 Å². The average Bonchev–Trinajstić information content (AvgIpc) is 2.44. The summed E-state index contributed by atoms with van der Waals surface area (Å²) < 4.78 is 5.06. The van der Waals surface area contributed by atoms with E-state index < -0.39 is 22.0 Å². The SMILES string of the molecule is COc1cccc(/C=C/c2nc(O)c([N+](=O)[O-])c(=O)[nH]2)c1. The Morgan fingerprint density at radius 1 is 1.43 bits per heavy atom. The molecule has 2 rings (SSSR count). The van der Waals surface area contributed by atoms with Gasteiger partial charge in [-0.05, 0) is 23.8 Å². The number of aromatic amines is 1. The molecule has 0 unspecified atom stereocenters. The van der Waals surface area contributed by atoms with Crippen LogP contribution in [0.15, 0.2) is 29.1 Å². The van der Waals surface area contributed by atoms with Crippen molar-refractivity contribution in [2.45, 2.75) is 0 Å². The zero-order valence-electron chi connectivity index (χ0n) is 10.9. The molecule has 0 aliphatic carbocycles. The standard InChI is InChI=1S/C13H11N3O5/c1-21-9-4-2-3-8(7-9)5-6-10-14-12(17)11(16(19)20)13(18)15-10/h2-7H,1H3,(H2,14,15,17,18)/b6-5+. The van der Waals surface area contributed by atoms with Gasteiger partial charge in [-0.3, -0.25) is 14.9 Å². The number of nitrogens with zero attached hydrogens (tertiary/aromatic N) is 2. The first-order valence-corrected chi connectivity index (χ1v) is 5.81. The summed E-state index contributed by atoms with van der Waals surface area (Å²) in [6.07, 6.45) is 3.03. The second kappa shape index (κ2) is 5.87. The van der Waals surface area contributed by atoms with Crippen molar-refractivity contribution in [3.05, 3.63) is 56.1 Å². The van der Waals surface area contributed by atoms with Crippen molar-refractivity contribution in [2.75, 3.05) is 7.11 Å². The third-order valence-electron chi connectivity index (χ3n) is 2.60. The smallest absolute Gasteiger partial charge is 0.395 e. The van der Waals surface area contributed by atoms with Crippen LogP contribution >= 0.6 is 0 Å². The quantitative estimate of drug-likeness (QED) is 0.651. The molecule has 0 saturated carbocycles. The van der Waals surface area contributed by atoms with E-state index in [4.69, 9.17) is 4.74 Å². The fraction of sp³-hybridized carbons (Fsp3) is 0.0769. The van der Waals surface area contributed by atoms with E-state index in [0.717, 1.165) is 5.56 Å². The molecule has 0 aliphatic rings. The summed E-state index contributed by atoms with van der Waals surface area (Å²) in [6.45, 7) is 0. The summed E-state index contributed by atoms with van der Waals surface area (Å²) in [4.78, 5) is 26.8. The number of nitro groups is 1. The van der Waals surface area contributed by atoms with Gasteiger partial charge in [-0.25, -0.2) is 0 Å². The molecule has 1 aromatic carbocycles. The maximum Gasteiger partial charge on any atom is 0.395 e. The number of nitrogens with one attached hydrogen (secondary N) is 1. The van der Waals surface area contributed by atoms with Crippen molar-refractivity contribution >= 4 is 17.8 Å². The van der Waals surface area contributed by atoms with Crippen LogP contribution in [0.5, 0.6) is 11.6 Å². The van der Waals surface area contributed by atoms with Gasteiger partial charge in [0, 0.05) is 0 Å². The summed E-state index contributed by atoms with van der Waals surface area (Å²) in [5.74, 6) is -0.259. The lowest BCUT2D eigenvalue weighted by Crippen LogP contribution is -2.14. The van der Waals surface area contributed by atoms with Gasteiger partial charge in [0.15, 0.2) is 0 Å². The molecule has 0 radical (unpaired) electrons. The first-order chi connectivity index (χ1) is 10.0. The Bertz CT molecular complexity index is 767. The average molecular weight is 289 g/mol. The molecular formula is C13H11N3O5. The van der Waals surface area contributed by atoms with Crippen molar-refractivity contribution in [3.63, 3.8) is 0 Å². The fourth-order valence-electron chi connectivity index (χ4n) is 1.64. The summed E-state index contributed by atoms with van der Waals surface area (Å²) >= 11 is 0. The number of aromatic nitrogens is 2. The van der Waals surface area contributed by atoms with Gasteiger partial charge in [0.05, 0.1) is 12.0 Å². The molecule has 8 nitrogen and oxygen atoms in total. The molecule has 0 fully saturated rings. The minimum absolute atomic E-state index is 0.00548. The van der Waals surface area contributed by atoms with Crippen LogP contribution in [-0.4, -0.2) is 27.1 Å². The number of H-pyrrole nitrogens is 1. The van der Waals surface area contributed by atoms with Crippen molar-refractivity contribution in [1.82, 2.24) is 9.97 Å². The lowest BCUT2D eigenvalue weighted by atomic mass is 10.2. The summed E-state index contributed by atoms with van der Waals surface area (Å²) in [7, 11) is 1.54. The molecule has 2 N–H and O–H groups in total. The van der Waals surface area contributed by atoms with Crippen LogP contribution < -0.4 is 10.3 Å². The number of hydrogen-bond acceptors (Lipinski definition) is 6. The zero-order valence-corrected chi connectivity index (χ0v) is 10.9. The molecule has 0 spiro atoms. The highest BCUT2D eigenvalue weighted by atomic mass is 16.6. The van der Waals surface area contributed by atoms with E-state index in [-0.39, 0.29) is 5.82 Å². The van der Waals surface area contributed by atoms with Gasteiger partial charge in [0.2, 0.25) is 0 Å². The van der Waals surface area contributed by atoms with Crippen molar-refractivity contribution in [2.24, 2.45) is 0 Å². The molecule has 2 aromatic rings. The number of ether oxygens (including phenoxy) is 1. The molecule has 0 atom stereocenters. The van der Waals surface area contributed by atoms with Gasteiger partial charge >= 0.3 is 11.2 Å². The largest absolute Gasteiger partial charge is 0.497 e. The van der Waals surface area contributed by atoms with Gasteiger partial charge < -0.3 is 14.8 Å². The predicted octanol–water partition coefficient (Wildman–Crippen LogP) is 1.56. The predicted molar refractivity (Wildman–Crippen MR) is 75.1 cm³/mol. The van der Waals surface area contributed by atoms with E-state index in [1.807, 2.05) is 0 Å². The molecule has 0 bridgehead atoms. The highest BCUT2D eigenvalue weighted by Crippen LogP contribution is 2.18. The Balaban J connectivity index is 2.33. The van der Waals surface area contributed by atoms with Crippen LogP contribution in [0, 0.1) is 10.1 Å². The number of aromatic hydroxyl groups is 1. The molecule has 8 heteroatoms. The molecule has 0 saturated heterocycles. The van der Waals surface area contributed by atoms with E-state index in [9.17, 15) is 20.0 Å². The van der Waals surface area contributed by atoms with E-state index in [0.29, 0.717) is 5.75 Å². The van der Waals surface area contributed by atoms with Gasteiger partial charge in [0.1, 0.15) is 11.6 Å². The highest BCUT2D eigenvalue weighted by Gasteiger charge is 2.21. The second-order valence-electron chi connectivity index (χ2n) is 3.99. The van der Waals surface area contributed by atoms with Crippen molar-refractivity contribution in [1.29, 1.82) is 0 Å². The first-order valence-electron chi connectivity index (χ1n) is 5.81. The maximum atomic E-state index is 11.5. The Morgan fingerprint density at radius 3 is 2.81 bits per heavy atom. The van der Waals surface area contributed by atoms with Crippen LogP contribution in [0.1, 0.15) is 11.4 Å². The maximum absolute atomic E-state index is 11.5. The fourth-order valence-corrected chi connectivity index (χ4v) is 1.64. The second-order valence-corrected chi connectivity index (χ2v) is 3.99. The third kappa shape index (κ3) is 3.24. The molecule has 21 heavy (non-hydrogen) atoms. The summed E-state index contributed by atoms with van der Waals surface area (Å²) in [5, 5.41) is 20.0. The van der Waals surface area contributed by atoms with Crippen LogP contribution in [0.4, 0.5) is 5.69 Å². The highest BCUT2D eigenvalue weighted by molar-refractivity contribution is 5.67. The first kappa shape index (κ1) is 14.3.